The second-order valence-corrected chi connectivity index (χ2v) is 10.6. The van der Waals surface area contributed by atoms with Gasteiger partial charge in [-0.2, -0.15) is 0 Å². The summed E-state index contributed by atoms with van der Waals surface area (Å²) in [5.74, 6) is 6.02. The molecule has 32 heavy (non-hydrogen) atoms. The Kier molecular flexibility index (Phi) is 13.3. The molecular formula is C27H49NO4. The fourth-order valence-corrected chi connectivity index (χ4v) is 4.06. The third-order valence-corrected chi connectivity index (χ3v) is 5.88. The molecule has 0 radical (unpaired) electrons. The molecule has 1 rings (SSSR count). The predicted octanol–water partition coefficient (Wildman–Crippen LogP) is 6.81. The number of carbonyl (C=O) groups excluding carboxylic acids is 1. The highest BCUT2D eigenvalue weighted by molar-refractivity contribution is 5.70. The SMILES string of the molecule is CCCCCCCCCCCCCCC#C[C@@H](O)[C@@H]1COC(C)(C)N1C(=O)OC(C)(C)C. The highest BCUT2D eigenvalue weighted by Gasteiger charge is 2.48. The van der Waals surface area contributed by atoms with Crippen molar-refractivity contribution in [3.05, 3.63) is 0 Å². The van der Waals surface area contributed by atoms with E-state index in [0.717, 1.165) is 12.8 Å². The zero-order valence-corrected chi connectivity index (χ0v) is 21.7. The number of hydrogen-bond donors (Lipinski definition) is 1. The predicted molar refractivity (Wildman–Crippen MR) is 131 cm³/mol. The van der Waals surface area contributed by atoms with Crippen LogP contribution in [0.25, 0.3) is 0 Å². The van der Waals surface area contributed by atoms with Gasteiger partial charge >= 0.3 is 6.09 Å². The molecular weight excluding hydrogens is 402 g/mol. The highest BCUT2D eigenvalue weighted by Crippen LogP contribution is 2.30. The smallest absolute Gasteiger partial charge is 0.413 e. The minimum Gasteiger partial charge on any atom is -0.444 e. The van der Waals surface area contributed by atoms with Gasteiger partial charge in [0.1, 0.15) is 17.4 Å². The van der Waals surface area contributed by atoms with E-state index in [9.17, 15) is 9.90 Å². The van der Waals surface area contributed by atoms with Gasteiger partial charge in [-0.3, -0.25) is 4.90 Å². The van der Waals surface area contributed by atoms with E-state index in [2.05, 4.69) is 18.8 Å². The molecule has 1 aliphatic rings. The first kappa shape index (κ1) is 28.8. The fourth-order valence-electron chi connectivity index (χ4n) is 4.06. The maximum atomic E-state index is 12.7. The van der Waals surface area contributed by atoms with E-state index in [4.69, 9.17) is 9.47 Å². The van der Waals surface area contributed by atoms with Gasteiger partial charge in [-0.15, -0.1) is 5.92 Å². The van der Waals surface area contributed by atoms with Crippen molar-refractivity contribution in [3.63, 3.8) is 0 Å². The van der Waals surface area contributed by atoms with E-state index < -0.39 is 29.6 Å². The van der Waals surface area contributed by atoms with E-state index >= 15 is 0 Å². The number of hydrogen-bond acceptors (Lipinski definition) is 4. The molecule has 0 aliphatic carbocycles. The summed E-state index contributed by atoms with van der Waals surface area (Å²) in [6.45, 7) is 11.6. The minimum atomic E-state index is -0.943. The first-order valence-corrected chi connectivity index (χ1v) is 12.9. The van der Waals surface area contributed by atoms with Gasteiger partial charge in [-0.05, 0) is 41.0 Å². The Morgan fingerprint density at radius 2 is 1.53 bits per heavy atom. The van der Waals surface area contributed by atoms with E-state index in [1.165, 1.54) is 75.5 Å². The molecule has 186 valence electrons. The number of rotatable bonds is 13. The van der Waals surface area contributed by atoms with Crippen LogP contribution < -0.4 is 0 Å². The van der Waals surface area contributed by atoms with Crippen LogP contribution in [0.15, 0.2) is 0 Å². The molecule has 1 N–H and O–H groups in total. The summed E-state index contributed by atoms with van der Waals surface area (Å²) < 4.78 is 11.3. The summed E-state index contributed by atoms with van der Waals surface area (Å²) in [5, 5.41) is 10.6. The Hall–Kier alpha value is -1.25. The molecule has 0 unspecified atom stereocenters. The van der Waals surface area contributed by atoms with Crippen LogP contribution in [0, 0.1) is 11.8 Å². The molecule has 1 heterocycles. The van der Waals surface area contributed by atoms with Crippen molar-refractivity contribution in [3.8, 4) is 11.8 Å². The van der Waals surface area contributed by atoms with Crippen LogP contribution in [0.2, 0.25) is 0 Å². The molecule has 0 aromatic rings. The number of nitrogens with zero attached hydrogens (tertiary/aromatic N) is 1. The largest absolute Gasteiger partial charge is 0.444 e. The van der Waals surface area contributed by atoms with Gasteiger partial charge in [0.2, 0.25) is 0 Å². The van der Waals surface area contributed by atoms with Gasteiger partial charge < -0.3 is 14.6 Å². The standard InChI is InChI=1S/C27H49NO4/c1-7-8-9-10-11-12-13-14-15-16-17-18-19-20-21-24(29)23-22-31-27(5,6)28(23)25(30)32-26(2,3)4/h23-24,29H,7-19,22H2,1-6H3/t23-,24+/m0/s1. The lowest BCUT2D eigenvalue weighted by atomic mass is 10.0. The Balaban J connectivity index is 2.24. The molecule has 1 aliphatic heterocycles. The molecule has 1 saturated heterocycles. The lowest BCUT2D eigenvalue weighted by molar-refractivity contribution is -0.0658. The summed E-state index contributed by atoms with van der Waals surface area (Å²) in [4.78, 5) is 14.1. The normalized spacial score (nSPS) is 18.8. The number of aliphatic hydroxyl groups excluding tert-OH is 1. The molecule has 5 nitrogen and oxygen atoms in total. The van der Waals surface area contributed by atoms with Crippen molar-refractivity contribution >= 4 is 6.09 Å². The maximum absolute atomic E-state index is 12.7. The third kappa shape index (κ3) is 11.6. The fraction of sp³-hybridized carbons (Fsp3) is 0.889. The van der Waals surface area contributed by atoms with Crippen molar-refractivity contribution in [2.75, 3.05) is 6.61 Å². The Labute approximate surface area is 197 Å². The van der Waals surface area contributed by atoms with E-state index in [1.807, 2.05) is 34.6 Å². The Morgan fingerprint density at radius 1 is 1.03 bits per heavy atom. The van der Waals surface area contributed by atoms with Crippen LogP contribution in [-0.4, -0.2) is 46.2 Å². The number of aliphatic hydroxyl groups is 1. The van der Waals surface area contributed by atoms with Crippen LogP contribution in [0.5, 0.6) is 0 Å². The van der Waals surface area contributed by atoms with Crippen molar-refractivity contribution in [2.45, 2.75) is 148 Å². The zero-order valence-electron chi connectivity index (χ0n) is 21.7. The van der Waals surface area contributed by atoms with Crippen LogP contribution in [0.3, 0.4) is 0 Å². The molecule has 1 amide bonds. The third-order valence-electron chi connectivity index (χ3n) is 5.88. The summed E-state index contributed by atoms with van der Waals surface area (Å²) in [6, 6.07) is -0.519. The Morgan fingerprint density at radius 3 is 2.03 bits per heavy atom. The average Bonchev–Trinajstić information content (AvgIpc) is 3.02. The van der Waals surface area contributed by atoms with E-state index in [1.54, 1.807) is 0 Å². The highest BCUT2D eigenvalue weighted by atomic mass is 16.6. The van der Waals surface area contributed by atoms with Gasteiger partial charge in [0, 0.05) is 6.42 Å². The van der Waals surface area contributed by atoms with Crippen LogP contribution in [-0.2, 0) is 9.47 Å². The molecule has 0 aromatic carbocycles. The topological polar surface area (TPSA) is 59.0 Å². The van der Waals surface area contributed by atoms with Crippen LogP contribution in [0.1, 0.15) is 125 Å². The van der Waals surface area contributed by atoms with Gasteiger partial charge in [0.05, 0.1) is 12.6 Å². The van der Waals surface area contributed by atoms with Crippen LogP contribution in [0.4, 0.5) is 4.79 Å². The van der Waals surface area contributed by atoms with Crippen molar-refractivity contribution in [1.82, 2.24) is 4.90 Å². The van der Waals surface area contributed by atoms with E-state index in [-0.39, 0.29) is 6.61 Å². The molecule has 0 bridgehead atoms. The van der Waals surface area contributed by atoms with Gasteiger partial charge in [-0.1, -0.05) is 83.5 Å². The number of carbonyl (C=O) groups is 1. The first-order chi connectivity index (χ1) is 15.1. The number of amides is 1. The zero-order chi connectivity index (χ0) is 24.0. The van der Waals surface area contributed by atoms with Crippen molar-refractivity contribution in [1.29, 1.82) is 0 Å². The van der Waals surface area contributed by atoms with Gasteiger partial charge in [0.25, 0.3) is 0 Å². The summed E-state index contributed by atoms with van der Waals surface area (Å²) in [7, 11) is 0. The number of unbranched alkanes of at least 4 members (excludes halogenated alkanes) is 12. The molecule has 5 heteroatoms. The Bertz CT molecular complexity index is 585. The molecule has 0 saturated carbocycles. The first-order valence-electron chi connectivity index (χ1n) is 12.9. The van der Waals surface area contributed by atoms with Gasteiger partial charge in [-0.25, -0.2) is 4.79 Å². The number of ether oxygens (including phenoxy) is 2. The summed E-state index contributed by atoms with van der Waals surface area (Å²) >= 11 is 0. The van der Waals surface area contributed by atoms with Crippen molar-refractivity contribution < 1.29 is 19.4 Å². The summed E-state index contributed by atoms with van der Waals surface area (Å²) in [6.07, 6.45) is 15.2. The second kappa shape index (κ2) is 14.8. The monoisotopic (exact) mass is 451 g/mol. The molecule has 2 atom stereocenters. The lowest BCUT2D eigenvalue weighted by Gasteiger charge is -2.35. The van der Waals surface area contributed by atoms with Crippen molar-refractivity contribution in [2.24, 2.45) is 0 Å². The quantitative estimate of drug-likeness (QED) is 0.247. The minimum absolute atomic E-state index is 0.251. The molecule has 0 aromatic heterocycles. The van der Waals surface area contributed by atoms with Crippen LogP contribution >= 0.6 is 0 Å². The maximum Gasteiger partial charge on any atom is 0.413 e. The lowest BCUT2D eigenvalue weighted by Crippen LogP contribution is -2.53. The van der Waals surface area contributed by atoms with E-state index in [0.29, 0.717) is 0 Å². The average molecular weight is 452 g/mol. The van der Waals surface area contributed by atoms with Gasteiger partial charge in [0.15, 0.2) is 0 Å². The second-order valence-electron chi connectivity index (χ2n) is 10.6. The molecule has 0 spiro atoms. The molecule has 1 fully saturated rings. The summed E-state index contributed by atoms with van der Waals surface area (Å²) in [5.41, 5.74) is -1.43.